The number of alkyl halides is 1. The molecule has 0 aliphatic heterocycles. The molecule has 0 amide bonds. The zero-order valence-corrected chi connectivity index (χ0v) is 9.85. The fraction of sp³-hybridized carbons (Fsp3) is 0.500. The Morgan fingerprint density at radius 1 is 1.45 bits per heavy atom. The predicted molar refractivity (Wildman–Crippen MR) is 61.5 cm³/mol. The molecule has 0 rings (SSSR count). The topological polar surface area (TPSA) is 0 Å². The molecule has 0 saturated carbocycles. The van der Waals surface area contributed by atoms with Gasteiger partial charge in [-0.15, -0.1) is 23.5 Å². The Kier molecular flexibility index (Phi) is 8.95. The molecule has 0 aromatic heterocycles. The standard InChI is InChI=1S/C8H11BrS2/c1-10-8(11-2)6-4-3-5-7-9/h3,5,8H,7H2,1-2H3. The predicted octanol–water partition coefficient (Wildman–Crippen LogP) is 2.99. The highest BCUT2D eigenvalue weighted by molar-refractivity contribution is 9.09. The third-order valence-electron chi connectivity index (χ3n) is 0.920. The van der Waals surface area contributed by atoms with E-state index in [0.29, 0.717) is 4.58 Å². The van der Waals surface area contributed by atoms with E-state index in [2.05, 4.69) is 40.3 Å². The van der Waals surface area contributed by atoms with Gasteiger partial charge in [-0.2, -0.15) is 0 Å². The summed E-state index contributed by atoms with van der Waals surface area (Å²) in [7, 11) is 0. The second-order valence-electron chi connectivity index (χ2n) is 1.65. The van der Waals surface area contributed by atoms with Gasteiger partial charge in [0.25, 0.3) is 0 Å². The minimum absolute atomic E-state index is 0.412. The van der Waals surface area contributed by atoms with Gasteiger partial charge in [-0.3, -0.25) is 0 Å². The van der Waals surface area contributed by atoms with Crippen LogP contribution in [0.2, 0.25) is 0 Å². The number of hydrogen-bond acceptors (Lipinski definition) is 2. The lowest BCUT2D eigenvalue weighted by Crippen LogP contribution is -1.87. The lowest BCUT2D eigenvalue weighted by atomic mass is 10.5. The fourth-order valence-corrected chi connectivity index (χ4v) is 1.76. The molecule has 0 aliphatic rings. The van der Waals surface area contributed by atoms with E-state index in [9.17, 15) is 0 Å². The van der Waals surface area contributed by atoms with E-state index >= 15 is 0 Å². The molecule has 0 atom stereocenters. The lowest BCUT2D eigenvalue weighted by Gasteiger charge is -1.99. The van der Waals surface area contributed by atoms with Gasteiger partial charge < -0.3 is 0 Å². The van der Waals surface area contributed by atoms with Crippen molar-refractivity contribution >= 4 is 39.5 Å². The maximum atomic E-state index is 3.29. The van der Waals surface area contributed by atoms with Gasteiger partial charge in [-0.25, -0.2) is 0 Å². The summed E-state index contributed by atoms with van der Waals surface area (Å²) in [6.07, 6.45) is 8.02. The third kappa shape index (κ3) is 6.86. The molecule has 3 heteroatoms. The zero-order valence-electron chi connectivity index (χ0n) is 6.63. The van der Waals surface area contributed by atoms with Gasteiger partial charge in [0.15, 0.2) is 0 Å². The molecule has 0 heterocycles. The first-order valence-corrected chi connectivity index (χ1v) is 6.82. The van der Waals surface area contributed by atoms with Crippen LogP contribution in [0.25, 0.3) is 0 Å². The second kappa shape index (κ2) is 8.58. The maximum absolute atomic E-state index is 3.29. The van der Waals surface area contributed by atoms with Crippen molar-refractivity contribution < 1.29 is 0 Å². The number of allylic oxidation sites excluding steroid dienone is 2. The van der Waals surface area contributed by atoms with E-state index in [-0.39, 0.29) is 0 Å². The van der Waals surface area contributed by atoms with Crippen LogP contribution in [-0.4, -0.2) is 22.4 Å². The summed E-state index contributed by atoms with van der Waals surface area (Å²) in [5.41, 5.74) is 0. The molecule has 0 unspecified atom stereocenters. The molecule has 0 aromatic rings. The van der Waals surface area contributed by atoms with Gasteiger partial charge in [0.2, 0.25) is 0 Å². The van der Waals surface area contributed by atoms with Crippen LogP contribution < -0.4 is 0 Å². The molecule has 11 heavy (non-hydrogen) atoms. The van der Waals surface area contributed by atoms with Crippen LogP contribution >= 0.6 is 39.5 Å². The van der Waals surface area contributed by atoms with Crippen LogP contribution in [0, 0.1) is 11.8 Å². The van der Waals surface area contributed by atoms with E-state index in [4.69, 9.17) is 0 Å². The molecule has 0 saturated heterocycles. The van der Waals surface area contributed by atoms with Crippen LogP contribution in [0.15, 0.2) is 12.2 Å². The summed E-state index contributed by atoms with van der Waals surface area (Å²) < 4.78 is 0.412. The summed E-state index contributed by atoms with van der Waals surface area (Å²) in [5.74, 6) is 6.11. The Balaban J connectivity index is 3.73. The minimum Gasteiger partial charge on any atom is -0.138 e. The van der Waals surface area contributed by atoms with Gasteiger partial charge in [0.05, 0.1) is 0 Å². The third-order valence-corrected chi connectivity index (χ3v) is 3.54. The maximum Gasteiger partial charge on any atom is 0.111 e. The van der Waals surface area contributed by atoms with Crippen molar-refractivity contribution in [3.8, 4) is 11.8 Å². The van der Waals surface area contributed by atoms with Crippen molar-refractivity contribution in [2.24, 2.45) is 0 Å². The van der Waals surface area contributed by atoms with Gasteiger partial charge in [0.1, 0.15) is 4.58 Å². The van der Waals surface area contributed by atoms with Gasteiger partial charge >= 0.3 is 0 Å². The first-order valence-electron chi connectivity index (χ1n) is 3.12. The highest BCUT2D eigenvalue weighted by Gasteiger charge is 1.95. The van der Waals surface area contributed by atoms with Crippen molar-refractivity contribution in [1.29, 1.82) is 0 Å². The van der Waals surface area contributed by atoms with Crippen molar-refractivity contribution in [2.75, 3.05) is 17.8 Å². The molecule has 0 spiro atoms. The largest absolute Gasteiger partial charge is 0.138 e. The monoisotopic (exact) mass is 250 g/mol. The van der Waals surface area contributed by atoms with Crippen molar-refractivity contribution in [3.05, 3.63) is 12.2 Å². The number of halogens is 1. The van der Waals surface area contributed by atoms with Crippen molar-refractivity contribution in [3.63, 3.8) is 0 Å². The molecule has 0 N–H and O–H groups in total. The SMILES string of the molecule is CSC(C#CC=CCBr)SC. The van der Waals surface area contributed by atoms with Gasteiger partial charge in [0, 0.05) is 5.33 Å². The van der Waals surface area contributed by atoms with Crippen LogP contribution in [0.4, 0.5) is 0 Å². The summed E-state index contributed by atoms with van der Waals surface area (Å²) in [6.45, 7) is 0. The van der Waals surface area contributed by atoms with E-state index in [0.717, 1.165) is 5.33 Å². The minimum atomic E-state index is 0.412. The van der Waals surface area contributed by atoms with Gasteiger partial charge in [-0.1, -0.05) is 33.8 Å². The molecule has 0 aromatic carbocycles. The molecule has 0 nitrogen and oxygen atoms in total. The second-order valence-corrected chi connectivity index (χ2v) is 4.48. The highest BCUT2D eigenvalue weighted by atomic mass is 79.9. The Hall–Kier alpha value is 0.480. The molecule has 0 fully saturated rings. The molecular weight excluding hydrogens is 240 g/mol. The van der Waals surface area contributed by atoms with Crippen LogP contribution in [0.3, 0.4) is 0 Å². The summed E-state index contributed by atoms with van der Waals surface area (Å²) >= 11 is 6.83. The Morgan fingerprint density at radius 2 is 2.09 bits per heavy atom. The normalized spacial score (nSPS) is 10.2. The van der Waals surface area contributed by atoms with Crippen molar-refractivity contribution in [2.45, 2.75) is 4.58 Å². The van der Waals surface area contributed by atoms with Crippen molar-refractivity contribution in [1.82, 2.24) is 0 Å². The molecule has 62 valence electrons. The average Bonchev–Trinajstić information content (AvgIpc) is 2.05. The first-order chi connectivity index (χ1) is 5.35. The lowest BCUT2D eigenvalue weighted by molar-refractivity contribution is 1.76. The van der Waals surface area contributed by atoms with E-state index in [1.165, 1.54) is 0 Å². The quantitative estimate of drug-likeness (QED) is 0.429. The van der Waals surface area contributed by atoms with Crippen LogP contribution in [0.5, 0.6) is 0 Å². The van der Waals surface area contributed by atoms with E-state index < -0.39 is 0 Å². The Morgan fingerprint density at radius 3 is 2.55 bits per heavy atom. The van der Waals surface area contributed by atoms with Crippen LogP contribution in [0.1, 0.15) is 0 Å². The summed E-state index contributed by atoms with van der Waals surface area (Å²) in [4.78, 5) is 0. The van der Waals surface area contributed by atoms with Gasteiger partial charge in [-0.05, 0) is 18.6 Å². The first kappa shape index (κ1) is 11.5. The number of hydrogen-bond donors (Lipinski definition) is 0. The van der Waals surface area contributed by atoms with E-state index in [1.807, 2.05) is 12.2 Å². The number of rotatable bonds is 3. The van der Waals surface area contributed by atoms with Crippen LogP contribution in [-0.2, 0) is 0 Å². The summed E-state index contributed by atoms with van der Waals surface area (Å²) in [6, 6.07) is 0. The molecular formula is C8H11BrS2. The number of thioether (sulfide) groups is 2. The average molecular weight is 251 g/mol. The van der Waals surface area contributed by atoms with E-state index in [1.54, 1.807) is 23.5 Å². The molecule has 0 aliphatic carbocycles. The summed E-state index contributed by atoms with van der Waals surface area (Å²) in [5, 5.41) is 0.880. The zero-order chi connectivity index (χ0) is 8.53. The molecule has 0 bridgehead atoms. The Bertz CT molecular complexity index is 163. The Labute approximate surface area is 85.7 Å². The smallest absolute Gasteiger partial charge is 0.111 e. The highest BCUT2D eigenvalue weighted by Crippen LogP contribution is 2.16. The molecule has 0 radical (unpaired) electrons. The fourth-order valence-electron chi connectivity index (χ4n) is 0.434.